The Morgan fingerprint density at radius 1 is 1.23 bits per heavy atom. The number of nitrogens with one attached hydrogen (secondary N) is 1. The Morgan fingerprint density at radius 3 is 2.38 bits per heavy atom. The van der Waals surface area contributed by atoms with E-state index < -0.39 is 14.4 Å². The van der Waals surface area contributed by atoms with E-state index in [1.54, 1.807) is 13.3 Å². The lowest BCUT2D eigenvalue weighted by molar-refractivity contribution is -0.126. The summed E-state index contributed by atoms with van der Waals surface area (Å²) in [5, 5.41) is 2.75. The van der Waals surface area contributed by atoms with Gasteiger partial charge in [-0.3, -0.25) is 9.78 Å². The number of amides is 1. The van der Waals surface area contributed by atoms with Crippen molar-refractivity contribution in [1.82, 2.24) is 9.97 Å². The first-order valence-electron chi connectivity index (χ1n) is 8.84. The third-order valence-corrected chi connectivity index (χ3v) is 9.08. The predicted molar refractivity (Wildman–Crippen MR) is 105 cm³/mol. The Hall–Kier alpha value is -1.35. The van der Waals surface area contributed by atoms with Crippen LogP contribution in [0.3, 0.4) is 0 Å². The van der Waals surface area contributed by atoms with Gasteiger partial charge in [0.15, 0.2) is 14.1 Å². The van der Waals surface area contributed by atoms with Crippen LogP contribution in [-0.4, -0.2) is 56.7 Å². The van der Waals surface area contributed by atoms with E-state index in [2.05, 4.69) is 49.1 Å². The lowest BCUT2D eigenvalue weighted by atomic mass is 10.2. The van der Waals surface area contributed by atoms with Gasteiger partial charge in [0, 0.05) is 7.11 Å². The molecule has 8 heteroatoms. The van der Waals surface area contributed by atoms with E-state index in [-0.39, 0.29) is 23.7 Å². The molecule has 0 aliphatic carbocycles. The van der Waals surface area contributed by atoms with Gasteiger partial charge in [0.1, 0.15) is 6.10 Å². The first-order valence-corrected chi connectivity index (χ1v) is 11.7. The van der Waals surface area contributed by atoms with Gasteiger partial charge < -0.3 is 19.2 Å². The maximum atomic E-state index is 12.8. The van der Waals surface area contributed by atoms with Gasteiger partial charge in [-0.15, -0.1) is 0 Å². The van der Waals surface area contributed by atoms with Gasteiger partial charge in [-0.1, -0.05) is 20.8 Å². The average Bonchev–Trinajstić information content (AvgIpc) is 2.54. The summed E-state index contributed by atoms with van der Waals surface area (Å²) in [6, 6.07) is 0. The van der Waals surface area contributed by atoms with E-state index in [0.29, 0.717) is 12.4 Å². The zero-order valence-corrected chi connectivity index (χ0v) is 18.3. The smallest absolute Gasteiger partial charge is 0.255 e. The minimum atomic E-state index is -2.15. The molecule has 0 bridgehead atoms. The summed E-state index contributed by atoms with van der Waals surface area (Å²) in [5.74, 6) is 0.118. The summed E-state index contributed by atoms with van der Waals surface area (Å²) in [6.45, 7) is 14.9. The van der Waals surface area contributed by atoms with Crippen molar-refractivity contribution in [2.45, 2.75) is 65.0 Å². The molecule has 1 rings (SSSR count). The molecule has 0 fully saturated rings. The zero-order valence-electron chi connectivity index (χ0n) is 17.3. The predicted octanol–water partition coefficient (Wildman–Crippen LogP) is 3.17. The number of hydrogen-bond donors (Lipinski definition) is 1. The zero-order chi connectivity index (χ0) is 20.0. The van der Waals surface area contributed by atoms with E-state index in [1.165, 1.54) is 6.20 Å². The van der Waals surface area contributed by atoms with Crippen molar-refractivity contribution < 1.29 is 18.7 Å². The quantitative estimate of drug-likeness (QED) is 0.660. The number of rotatable bonds is 9. The molecule has 7 nitrogen and oxygen atoms in total. The van der Waals surface area contributed by atoms with Gasteiger partial charge in [0.25, 0.3) is 5.91 Å². The Bertz CT molecular complexity index is 573. The summed E-state index contributed by atoms with van der Waals surface area (Å²) in [4.78, 5) is 21.1. The molecule has 1 aromatic rings. The van der Waals surface area contributed by atoms with E-state index in [4.69, 9.17) is 13.9 Å². The standard InChI is InChI=1S/C18H33N3O4Si/c1-13-9-20-16(10-19-13)21-17(22)15(12-24-11-14(2)23-6)25-26(7,8)18(3,4)5/h9-10,14-15H,11-12H2,1-8H3,(H,20,21,22). The first-order chi connectivity index (χ1) is 12.0. The lowest BCUT2D eigenvalue weighted by Crippen LogP contribution is -2.49. The number of aromatic nitrogens is 2. The van der Waals surface area contributed by atoms with Gasteiger partial charge in [0.2, 0.25) is 0 Å². The second kappa shape index (κ2) is 9.54. The third-order valence-electron chi connectivity index (χ3n) is 4.59. The van der Waals surface area contributed by atoms with Gasteiger partial charge in [-0.05, 0) is 32.0 Å². The lowest BCUT2D eigenvalue weighted by Gasteiger charge is -2.38. The molecule has 1 amide bonds. The van der Waals surface area contributed by atoms with Crippen LogP contribution in [0.2, 0.25) is 18.1 Å². The molecule has 0 spiro atoms. The highest BCUT2D eigenvalue weighted by molar-refractivity contribution is 6.74. The molecule has 0 radical (unpaired) electrons. The summed E-state index contributed by atoms with van der Waals surface area (Å²) in [5.41, 5.74) is 0.786. The molecule has 0 aliphatic heterocycles. The fourth-order valence-corrected chi connectivity index (χ4v) is 3.01. The molecule has 26 heavy (non-hydrogen) atoms. The number of anilines is 1. The van der Waals surface area contributed by atoms with Crippen LogP contribution < -0.4 is 5.32 Å². The number of ether oxygens (including phenoxy) is 2. The number of carbonyl (C=O) groups excluding carboxylic acids is 1. The summed E-state index contributed by atoms with van der Waals surface area (Å²) in [7, 11) is -0.525. The molecular weight excluding hydrogens is 350 g/mol. The monoisotopic (exact) mass is 383 g/mol. The van der Waals surface area contributed by atoms with Gasteiger partial charge in [-0.25, -0.2) is 4.98 Å². The maximum Gasteiger partial charge on any atom is 0.255 e. The van der Waals surface area contributed by atoms with Crippen LogP contribution in [0.1, 0.15) is 33.4 Å². The number of nitrogens with zero attached hydrogens (tertiary/aromatic N) is 2. The normalized spacial score (nSPS) is 14.8. The highest BCUT2D eigenvalue weighted by Crippen LogP contribution is 2.37. The second-order valence-corrected chi connectivity index (χ2v) is 12.7. The molecule has 148 valence electrons. The molecule has 0 saturated carbocycles. The van der Waals surface area contributed by atoms with Crippen molar-refractivity contribution in [2.75, 3.05) is 25.6 Å². The van der Waals surface area contributed by atoms with Crippen LogP contribution >= 0.6 is 0 Å². The minimum absolute atomic E-state index is 0.0188. The van der Waals surface area contributed by atoms with Crippen molar-refractivity contribution in [3.63, 3.8) is 0 Å². The highest BCUT2D eigenvalue weighted by atomic mass is 28.4. The fourth-order valence-electron chi connectivity index (χ4n) is 1.77. The number of hydrogen-bond acceptors (Lipinski definition) is 6. The largest absolute Gasteiger partial charge is 0.403 e. The topological polar surface area (TPSA) is 82.6 Å². The summed E-state index contributed by atoms with van der Waals surface area (Å²) >= 11 is 0. The maximum absolute atomic E-state index is 12.8. The molecule has 0 aromatic carbocycles. The summed E-state index contributed by atoms with van der Waals surface area (Å²) < 4.78 is 17.1. The van der Waals surface area contributed by atoms with E-state index >= 15 is 0 Å². The van der Waals surface area contributed by atoms with Crippen molar-refractivity contribution in [3.05, 3.63) is 18.1 Å². The van der Waals surface area contributed by atoms with Crippen molar-refractivity contribution in [3.8, 4) is 0 Å². The summed E-state index contributed by atoms with van der Waals surface area (Å²) in [6.07, 6.45) is 2.37. The highest BCUT2D eigenvalue weighted by Gasteiger charge is 2.41. The molecule has 0 aliphatic rings. The number of methoxy groups -OCH3 is 1. The van der Waals surface area contributed by atoms with Crippen LogP contribution in [0.15, 0.2) is 12.4 Å². The first kappa shape index (κ1) is 22.7. The Kier molecular flexibility index (Phi) is 8.33. The molecular formula is C18H33N3O4Si. The van der Waals surface area contributed by atoms with E-state index in [9.17, 15) is 4.79 Å². The van der Waals surface area contributed by atoms with Crippen LogP contribution in [0.25, 0.3) is 0 Å². The van der Waals surface area contributed by atoms with Crippen LogP contribution in [0, 0.1) is 6.92 Å². The SMILES string of the molecule is COC(C)COCC(O[Si](C)(C)C(C)(C)C)C(=O)Nc1cnc(C)cn1. The van der Waals surface area contributed by atoms with Crippen LogP contribution in [0.5, 0.6) is 0 Å². The molecule has 2 unspecified atom stereocenters. The van der Waals surface area contributed by atoms with Crippen LogP contribution in [-0.2, 0) is 18.7 Å². The Labute approximate surface area is 158 Å². The fraction of sp³-hybridized carbons (Fsp3) is 0.722. The molecule has 1 N–H and O–H groups in total. The van der Waals surface area contributed by atoms with Gasteiger partial charge in [0.05, 0.1) is 37.4 Å². The average molecular weight is 384 g/mol. The third kappa shape index (κ3) is 7.11. The molecule has 1 heterocycles. The second-order valence-electron chi connectivity index (χ2n) is 7.98. The van der Waals surface area contributed by atoms with Crippen molar-refractivity contribution in [2.24, 2.45) is 0 Å². The molecule has 2 atom stereocenters. The Morgan fingerprint density at radius 2 is 1.88 bits per heavy atom. The van der Waals surface area contributed by atoms with Gasteiger partial charge in [-0.2, -0.15) is 0 Å². The van der Waals surface area contributed by atoms with E-state index in [1.807, 2.05) is 13.8 Å². The van der Waals surface area contributed by atoms with Gasteiger partial charge >= 0.3 is 0 Å². The van der Waals surface area contributed by atoms with Crippen LogP contribution in [0.4, 0.5) is 5.82 Å². The van der Waals surface area contributed by atoms with E-state index in [0.717, 1.165) is 5.69 Å². The van der Waals surface area contributed by atoms with Crippen molar-refractivity contribution >= 4 is 20.0 Å². The molecule has 0 saturated heterocycles. The minimum Gasteiger partial charge on any atom is -0.403 e. The van der Waals surface area contributed by atoms with Crippen molar-refractivity contribution in [1.29, 1.82) is 0 Å². The number of carbonyl (C=O) groups is 1. The molecule has 1 aromatic heterocycles. The number of aryl methyl sites for hydroxylation is 1. The Balaban J connectivity index is 2.84.